The predicted octanol–water partition coefficient (Wildman–Crippen LogP) is 1.82. The fourth-order valence-corrected chi connectivity index (χ4v) is 1.46. The Kier molecular flexibility index (Phi) is 3.47. The van der Waals surface area contributed by atoms with Gasteiger partial charge in [0.1, 0.15) is 17.8 Å². The van der Waals surface area contributed by atoms with Gasteiger partial charge < -0.3 is 20.5 Å². The molecule has 6 nitrogen and oxygen atoms in total. The molecule has 0 unspecified atom stereocenters. The highest BCUT2D eigenvalue weighted by Crippen LogP contribution is 2.28. The minimum atomic E-state index is 0.472. The van der Waals surface area contributed by atoms with Crippen LogP contribution in [0.25, 0.3) is 0 Å². The predicted molar refractivity (Wildman–Crippen MR) is 69.3 cm³/mol. The highest BCUT2D eigenvalue weighted by atomic mass is 16.5. The molecule has 1 aromatic carbocycles. The Morgan fingerprint density at radius 1 is 1.11 bits per heavy atom. The summed E-state index contributed by atoms with van der Waals surface area (Å²) in [7, 11) is 3.19. The molecule has 2 aromatic rings. The van der Waals surface area contributed by atoms with Crippen LogP contribution in [0.2, 0.25) is 0 Å². The number of nitrogens with two attached hydrogens (primary N) is 1. The van der Waals surface area contributed by atoms with Crippen molar-refractivity contribution in [1.29, 1.82) is 0 Å². The maximum Gasteiger partial charge on any atom is 0.157 e. The van der Waals surface area contributed by atoms with Crippen molar-refractivity contribution >= 4 is 17.2 Å². The molecular weight excluding hydrogens is 232 g/mol. The highest BCUT2D eigenvalue weighted by molar-refractivity contribution is 5.69. The molecule has 0 saturated heterocycles. The first-order chi connectivity index (χ1) is 8.72. The second kappa shape index (κ2) is 5.22. The molecule has 0 saturated carbocycles. The minimum Gasteiger partial charge on any atom is -0.497 e. The Balaban J connectivity index is 2.31. The lowest BCUT2D eigenvalue weighted by molar-refractivity contribution is 0.395. The van der Waals surface area contributed by atoms with Crippen molar-refractivity contribution in [2.24, 2.45) is 0 Å². The average molecular weight is 246 g/mol. The summed E-state index contributed by atoms with van der Waals surface area (Å²) >= 11 is 0. The van der Waals surface area contributed by atoms with Crippen molar-refractivity contribution in [3.05, 3.63) is 30.7 Å². The molecule has 18 heavy (non-hydrogen) atoms. The van der Waals surface area contributed by atoms with E-state index in [1.54, 1.807) is 20.3 Å². The molecule has 1 heterocycles. The van der Waals surface area contributed by atoms with Gasteiger partial charge in [0.05, 0.1) is 26.1 Å². The highest BCUT2D eigenvalue weighted by Gasteiger charge is 2.05. The number of methoxy groups -OCH3 is 2. The lowest BCUT2D eigenvalue weighted by Crippen LogP contribution is -2.00. The molecule has 0 fully saturated rings. The second-order valence-corrected chi connectivity index (χ2v) is 3.55. The molecule has 0 radical (unpaired) electrons. The molecule has 0 aliphatic rings. The van der Waals surface area contributed by atoms with Crippen molar-refractivity contribution in [2.75, 3.05) is 25.3 Å². The number of aromatic nitrogens is 2. The third kappa shape index (κ3) is 2.60. The molecule has 6 heteroatoms. The summed E-state index contributed by atoms with van der Waals surface area (Å²) in [5.74, 6) is 1.91. The van der Waals surface area contributed by atoms with Gasteiger partial charge in [-0.3, -0.25) is 0 Å². The second-order valence-electron chi connectivity index (χ2n) is 3.55. The maximum atomic E-state index is 5.76. The Morgan fingerprint density at radius 3 is 2.33 bits per heavy atom. The topological polar surface area (TPSA) is 82.3 Å². The third-order valence-corrected chi connectivity index (χ3v) is 2.35. The summed E-state index contributed by atoms with van der Waals surface area (Å²) in [5.41, 5.74) is 7.01. The van der Waals surface area contributed by atoms with Gasteiger partial charge in [0, 0.05) is 23.9 Å². The van der Waals surface area contributed by atoms with Crippen LogP contribution in [-0.4, -0.2) is 24.2 Å². The van der Waals surface area contributed by atoms with Gasteiger partial charge in [-0.1, -0.05) is 0 Å². The van der Waals surface area contributed by atoms with E-state index in [0.29, 0.717) is 23.0 Å². The van der Waals surface area contributed by atoms with Crippen LogP contribution >= 0.6 is 0 Å². The normalized spacial score (nSPS) is 9.89. The van der Waals surface area contributed by atoms with E-state index in [1.807, 2.05) is 12.1 Å². The van der Waals surface area contributed by atoms with Crippen molar-refractivity contribution < 1.29 is 9.47 Å². The molecular formula is C12H14N4O2. The number of ether oxygens (including phenoxy) is 2. The minimum absolute atomic E-state index is 0.472. The Morgan fingerprint density at radius 2 is 1.78 bits per heavy atom. The maximum absolute atomic E-state index is 5.76. The van der Waals surface area contributed by atoms with Crippen LogP contribution in [0.15, 0.2) is 30.7 Å². The molecule has 0 aliphatic heterocycles. The summed E-state index contributed by atoms with van der Waals surface area (Å²) in [6, 6.07) is 5.43. The van der Waals surface area contributed by atoms with Crippen molar-refractivity contribution in [1.82, 2.24) is 9.97 Å². The van der Waals surface area contributed by atoms with Gasteiger partial charge in [0.2, 0.25) is 0 Å². The SMILES string of the molecule is COc1cc(Nc2ncncc2N)cc(OC)c1. The number of nitrogens with zero attached hydrogens (tertiary/aromatic N) is 2. The van der Waals surface area contributed by atoms with Gasteiger partial charge in [-0.05, 0) is 0 Å². The van der Waals surface area contributed by atoms with E-state index >= 15 is 0 Å². The van der Waals surface area contributed by atoms with Crippen LogP contribution in [0.3, 0.4) is 0 Å². The van der Waals surface area contributed by atoms with Crippen LogP contribution in [0.5, 0.6) is 11.5 Å². The number of nitrogens with one attached hydrogen (secondary N) is 1. The first kappa shape index (κ1) is 12.0. The zero-order valence-corrected chi connectivity index (χ0v) is 10.2. The molecule has 2 rings (SSSR count). The van der Waals surface area contributed by atoms with Crippen LogP contribution in [0, 0.1) is 0 Å². The zero-order chi connectivity index (χ0) is 13.0. The van der Waals surface area contributed by atoms with Crippen molar-refractivity contribution in [3.8, 4) is 11.5 Å². The molecule has 94 valence electrons. The van der Waals surface area contributed by atoms with E-state index in [2.05, 4.69) is 15.3 Å². The molecule has 1 aromatic heterocycles. The number of rotatable bonds is 4. The molecule has 0 atom stereocenters. The smallest absolute Gasteiger partial charge is 0.157 e. The van der Waals surface area contributed by atoms with Gasteiger partial charge in [-0.15, -0.1) is 0 Å². The summed E-state index contributed by atoms with van der Waals surface area (Å²) in [6.45, 7) is 0. The third-order valence-electron chi connectivity index (χ3n) is 2.35. The Bertz CT molecular complexity index is 523. The van der Waals surface area contributed by atoms with Gasteiger partial charge in [-0.25, -0.2) is 9.97 Å². The van der Waals surface area contributed by atoms with Crippen LogP contribution in [-0.2, 0) is 0 Å². The summed E-state index contributed by atoms with van der Waals surface area (Å²) in [5, 5.41) is 3.09. The summed E-state index contributed by atoms with van der Waals surface area (Å²) in [4.78, 5) is 7.88. The van der Waals surface area contributed by atoms with Crippen molar-refractivity contribution in [3.63, 3.8) is 0 Å². The van der Waals surface area contributed by atoms with Crippen LogP contribution in [0.1, 0.15) is 0 Å². The van der Waals surface area contributed by atoms with E-state index < -0.39 is 0 Å². The van der Waals surface area contributed by atoms with Crippen molar-refractivity contribution in [2.45, 2.75) is 0 Å². The number of benzene rings is 1. The lowest BCUT2D eigenvalue weighted by atomic mass is 10.2. The molecule has 0 amide bonds. The summed E-state index contributed by atoms with van der Waals surface area (Å²) in [6.07, 6.45) is 2.96. The number of anilines is 3. The van der Waals surface area contributed by atoms with E-state index in [1.165, 1.54) is 12.5 Å². The van der Waals surface area contributed by atoms with Crippen LogP contribution in [0.4, 0.5) is 17.2 Å². The summed E-state index contributed by atoms with van der Waals surface area (Å²) < 4.78 is 10.4. The quantitative estimate of drug-likeness (QED) is 0.856. The number of hydrogen-bond donors (Lipinski definition) is 2. The fourth-order valence-electron chi connectivity index (χ4n) is 1.46. The van der Waals surface area contributed by atoms with E-state index in [9.17, 15) is 0 Å². The van der Waals surface area contributed by atoms with E-state index in [-0.39, 0.29) is 0 Å². The van der Waals surface area contributed by atoms with E-state index in [0.717, 1.165) is 5.69 Å². The molecule has 0 spiro atoms. The zero-order valence-electron chi connectivity index (χ0n) is 10.2. The first-order valence-corrected chi connectivity index (χ1v) is 5.28. The monoisotopic (exact) mass is 246 g/mol. The van der Waals surface area contributed by atoms with Gasteiger partial charge in [-0.2, -0.15) is 0 Å². The average Bonchev–Trinajstić information content (AvgIpc) is 2.41. The Hall–Kier alpha value is -2.50. The largest absolute Gasteiger partial charge is 0.497 e. The van der Waals surface area contributed by atoms with Gasteiger partial charge in [0.25, 0.3) is 0 Å². The van der Waals surface area contributed by atoms with Gasteiger partial charge in [0.15, 0.2) is 5.82 Å². The lowest BCUT2D eigenvalue weighted by Gasteiger charge is -2.11. The van der Waals surface area contributed by atoms with Crippen LogP contribution < -0.4 is 20.5 Å². The molecule has 0 aliphatic carbocycles. The molecule has 3 N–H and O–H groups in total. The molecule has 0 bridgehead atoms. The standard InChI is InChI=1S/C12H14N4O2/c1-17-9-3-8(4-10(5-9)18-2)16-12-11(13)6-14-7-15-12/h3-7H,13H2,1-2H3,(H,14,15,16). The fraction of sp³-hybridized carbons (Fsp3) is 0.167. The van der Waals surface area contributed by atoms with E-state index in [4.69, 9.17) is 15.2 Å². The number of nitrogen functional groups attached to an aromatic ring is 1. The van der Waals surface area contributed by atoms with Gasteiger partial charge >= 0.3 is 0 Å². The number of hydrogen-bond acceptors (Lipinski definition) is 6. The first-order valence-electron chi connectivity index (χ1n) is 5.28. The Labute approximate surface area is 105 Å².